The smallest absolute Gasteiger partial charge is 0.354 e. The van der Waals surface area contributed by atoms with Crippen molar-refractivity contribution in [2.24, 2.45) is 0 Å². The second-order valence-electron chi connectivity index (χ2n) is 4.78. The number of carbonyl (C=O) groups excluding carboxylic acids is 2. The maximum Gasteiger partial charge on any atom is 0.354 e. The van der Waals surface area contributed by atoms with Crippen molar-refractivity contribution in [2.75, 3.05) is 14.2 Å². The summed E-state index contributed by atoms with van der Waals surface area (Å²) in [6.45, 7) is 0. The van der Waals surface area contributed by atoms with Crippen LogP contribution in [0.2, 0.25) is 0 Å². The minimum absolute atomic E-state index is 0.0561. The first-order valence-corrected chi connectivity index (χ1v) is 7.84. The molecule has 0 unspecified atom stereocenters. The molecule has 0 aliphatic heterocycles. The molecule has 24 heavy (non-hydrogen) atoms. The second-order valence-corrected chi connectivity index (χ2v) is 5.70. The van der Waals surface area contributed by atoms with Crippen LogP contribution >= 0.6 is 15.9 Å². The van der Waals surface area contributed by atoms with Gasteiger partial charge in [-0.25, -0.2) is 4.79 Å². The average Bonchev–Trinajstić information content (AvgIpc) is 2.62. The maximum atomic E-state index is 12.3. The number of hydrogen-bond acceptors (Lipinski definition) is 4. The molecule has 0 bridgehead atoms. The van der Waals surface area contributed by atoms with E-state index in [9.17, 15) is 9.59 Å². The number of carbonyl (C=O) groups is 2. The molecule has 0 atom stereocenters. The van der Waals surface area contributed by atoms with Gasteiger partial charge in [-0.2, -0.15) is 0 Å². The van der Waals surface area contributed by atoms with E-state index >= 15 is 0 Å². The van der Waals surface area contributed by atoms with E-state index < -0.39 is 11.9 Å². The Morgan fingerprint density at radius 2 is 1.62 bits per heavy atom. The number of esters is 1. The highest BCUT2D eigenvalue weighted by Crippen LogP contribution is 2.14. The Morgan fingerprint density at radius 1 is 1.00 bits per heavy atom. The molecule has 2 aromatic rings. The zero-order chi connectivity index (χ0) is 17.5. The van der Waals surface area contributed by atoms with E-state index in [1.165, 1.54) is 7.11 Å². The number of rotatable bonds is 5. The summed E-state index contributed by atoms with van der Waals surface area (Å²) in [6.07, 6.45) is 1.56. The fourth-order valence-corrected chi connectivity index (χ4v) is 2.18. The third-order valence-electron chi connectivity index (χ3n) is 3.19. The molecule has 0 saturated carbocycles. The Kier molecular flexibility index (Phi) is 6.14. The van der Waals surface area contributed by atoms with Crippen molar-refractivity contribution in [2.45, 2.75) is 0 Å². The van der Waals surface area contributed by atoms with Gasteiger partial charge in [0.15, 0.2) is 0 Å². The van der Waals surface area contributed by atoms with Crippen LogP contribution in [-0.4, -0.2) is 26.1 Å². The number of benzene rings is 2. The predicted molar refractivity (Wildman–Crippen MR) is 94.6 cm³/mol. The molecule has 6 heteroatoms. The first-order chi connectivity index (χ1) is 11.5. The summed E-state index contributed by atoms with van der Waals surface area (Å²) in [5, 5.41) is 2.58. The lowest BCUT2D eigenvalue weighted by molar-refractivity contribution is -0.136. The highest BCUT2D eigenvalue weighted by molar-refractivity contribution is 9.10. The molecule has 0 radical (unpaired) electrons. The Hall–Kier alpha value is -2.60. The molecule has 5 nitrogen and oxygen atoms in total. The summed E-state index contributed by atoms with van der Waals surface area (Å²) in [5.41, 5.74) is 1.22. The maximum absolute atomic E-state index is 12.3. The molecule has 2 aromatic carbocycles. The van der Waals surface area contributed by atoms with Gasteiger partial charge in [0, 0.05) is 10.0 Å². The van der Waals surface area contributed by atoms with Crippen molar-refractivity contribution in [3.05, 3.63) is 69.8 Å². The molecule has 0 aromatic heterocycles. The summed E-state index contributed by atoms with van der Waals surface area (Å²) >= 11 is 3.34. The molecule has 0 fully saturated rings. The van der Waals surface area contributed by atoms with Crippen LogP contribution in [0.15, 0.2) is 58.7 Å². The summed E-state index contributed by atoms with van der Waals surface area (Å²) < 4.78 is 10.7. The van der Waals surface area contributed by atoms with E-state index in [2.05, 4.69) is 21.2 Å². The topological polar surface area (TPSA) is 64.6 Å². The lowest BCUT2D eigenvalue weighted by atomic mass is 10.1. The fraction of sp³-hybridized carbons (Fsp3) is 0.111. The molecule has 0 spiro atoms. The zero-order valence-corrected chi connectivity index (χ0v) is 14.8. The normalized spacial score (nSPS) is 10.9. The summed E-state index contributed by atoms with van der Waals surface area (Å²) in [6, 6.07) is 13.9. The van der Waals surface area contributed by atoms with Gasteiger partial charge in [-0.05, 0) is 48.0 Å². The van der Waals surface area contributed by atoms with Crippen LogP contribution < -0.4 is 10.1 Å². The zero-order valence-electron chi connectivity index (χ0n) is 13.2. The Labute approximate surface area is 148 Å². The Morgan fingerprint density at radius 3 is 2.17 bits per heavy atom. The first kappa shape index (κ1) is 17.7. The fourth-order valence-electron chi connectivity index (χ4n) is 1.92. The number of amides is 1. The van der Waals surface area contributed by atoms with Crippen LogP contribution in [0.4, 0.5) is 0 Å². The molecule has 0 aliphatic carbocycles. The number of ether oxygens (including phenoxy) is 2. The van der Waals surface area contributed by atoms with Crippen molar-refractivity contribution in [3.8, 4) is 5.75 Å². The molecular weight excluding hydrogens is 374 g/mol. The molecule has 1 amide bonds. The van der Waals surface area contributed by atoms with E-state index in [0.29, 0.717) is 11.3 Å². The minimum atomic E-state index is -0.625. The van der Waals surface area contributed by atoms with Gasteiger partial charge >= 0.3 is 5.97 Å². The molecule has 0 saturated heterocycles. The molecule has 0 aliphatic rings. The largest absolute Gasteiger partial charge is 0.497 e. The summed E-state index contributed by atoms with van der Waals surface area (Å²) in [5.74, 6) is -0.392. The van der Waals surface area contributed by atoms with Crippen LogP contribution in [0.5, 0.6) is 5.75 Å². The van der Waals surface area contributed by atoms with E-state index in [1.54, 1.807) is 37.5 Å². The van der Waals surface area contributed by atoms with Gasteiger partial charge in [0.1, 0.15) is 11.4 Å². The van der Waals surface area contributed by atoms with Gasteiger partial charge in [0.25, 0.3) is 5.91 Å². The van der Waals surface area contributed by atoms with Crippen LogP contribution in [0.3, 0.4) is 0 Å². The first-order valence-electron chi connectivity index (χ1n) is 7.04. The Balaban J connectivity index is 2.23. The standard InChI is InChI=1S/C18H16BrNO4/c1-23-15-9-5-13(6-10-15)17(21)20-16(18(22)24-2)11-12-3-7-14(19)8-4-12/h3-11H,1-2H3,(H,20,21). The minimum Gasteiger partial charge on any atom is -0.497 e. The molecular formula is C18H16BrNO4. The third kappa shape index (κ3) is 4.70. The Bertz CT molecular complexity index is 752. The van der Waals surface area contributed by atoms with Crippen molar-refractivity contribution < 1.29 is 19.1 Å². The molecule has 0 heterocycles. The second kappa shape index (κ2) is 8.31. The number of hydrogen-bond donors (Lipinski definition) is 1. The lowest BCUT2D eigenvalue weighted by Gasteiger charge is -2.09. The molecule has 124 valence electrons. The number of halogens is 1. The van der Waals surface area contributed by atoms with Crippen molar-refractivity contribution in [1.29, 1.82) is 0 Å². The van der Waals surface area contributed by atoms with Gasteiger partial charge in [0.05, 0.1) is 14.2 Å². The lowest BCUT2D eigenvalue weighted by Crippen LogP contribution is -2.28. The summed E-state index contributed by atoms with van der Waals surface area (Å²) in [4.78, 5) is 24.2. The summed E-state index contributed by atoms with van der Waals surface area (Å²) in [7, 11) is 2.81. The number of nitrogens with one attached hydrogen (secondary N) is 1. The SMILES string of the molecule is COC(=O)C(=Cc1ccc(Br)cc1)NC(=O)c1ccc(OC)cc1. The average molecular weight is 390 g/mol. The van der Waals surface area contributed by atoms with Crippen LogP contribution in [-0.2, 0) is 9.53 Å². The molecule has 2 rings (SSSR count). The van der Waals surface area contributed by atoms with E-state index in [1.807, 2.05) is 24.3 Å². The van der Waals surface area contributed by atoms with Crippen molar-refractivity contribution in [3.63, 3.8) is 0 Å². The van der Waals surface area contributed by atoms with Gasteiger partial charge < -0.3 is 14.8 Å². The third-order valence-corrected chi connectivity index (χ3v) is 3.72. The van der Waals surface area contributed by atoms with Gasteiger partial charge in [-0.3, -0.25) is 4.79 Å². The predicted octanol–water partition coefficient (Wildman–Crippen LogP) is 3.40. The van der Waals surface area contributed by atoms with E-state index in [4.69, 9.17) is 9.47 Å². The van der Waals surface area contributed by atoms with Crippen LogP contribution in [0.1, 0.15) is 15.9 Å². The van der Waals surface area contributed by atoms with Gasteiger partial charge in [-0.15, -0.1) is 0 Å². The van der Waals surface area contributed by atoms with Gasteiger partial charge in [-0.1, -0.05) is 28.1 Å². The van der Waals surface area contributed by atoms with E-state index in [0.717, 1.165) is 10.0 Å². The van der Waals surface area contributed by atoms with Crippen molar-refractivity contribution in [1.82, 2.24) is 5.32 Å². The van der Waals surface area contributed by atoms with Crippen LogP contribution in [0, 0.1) is 0 Å². The quantitative estimate of drug-likeness (QED) is 0.628. The van der Waals surface area contributed by atoms with Crippen molar-refractivity contribution >= 4 is 33.9 Å². The van der Waals surface area contributed by atoms with Crippen LogP contribution in [0.25, 0.3) is 6.08 Å². The number of methoxy groups -OCH3 is 2. The molecule has 1 N–H and O–H groups in total. The highest BCUT2D eigenvalue weighted by Gasteiger charge is 2.15. The van der Waals surface area contributed by atoms with Gasteiger partial charge in [0.2, 0.25) is 0 Å². The van der Waals surface area contributed by atoms with E-state index in [-0.39, 0.29) is 5.70 Å². The monoisotopic (exact) mass is 389 g/mol. The highest BCUT2D eigenvalue weighted by atomic mass is 79.9.